The second kappa shape index (κ2) is 6.06. The highest BCUT2D eigenvalue weighted by molar-refractivity contribution is 5.93. The highest BCUT2D eigenvalue weighted by atomic mass is 19.1. The average Bonchev–Trinajstić information content (AvgIpc) is 2.45. The van der Waals surface area contributed by atoms with E-state index >= 15 is 0 Å². The van der Waals surface area contributed by atoms with Crippen molar-refractivity contribution in [3.8, 4) is 5.75 Å². The van der Waals surface area contributed by atoms with Crippen LogP contribution in [0.2, 0.25) is 0 Å². The summed E-state index contributed by atoms with van der Waals surface area (Å²) < 4.78 is 18.5. The zero-order valence-electron chi connectivity index (χ0n) is 11.0. The monoisotopic (exact) mass is 274 g/mol. The van der Waals surface area contributed by atoms with Gasteiger partial charge in [0.25, 0.3) is 5.91 Å². The zero-order chi connectivity index (χ0) is 14.5. The summed E-state index contributed by atoms with van der Waals surface area (Å²) in [6.45, 7) is -0.165. The van der Waals surface area contributed by atoms with Crippen LogP contribution >= 0.6 is 0 Å². The molecule has 0 saturated carbocycles. The number of likely N-dealkylation sites (N-methyl/N-ethyl adjacent to an activating group) is 1. The van der Waals surface area contributed by atoms with Crippen LogP contribution in [0.3, 0.4) is 0 Å². The Balaban J connectivity index is 2.00. The molecule has 0 unspecified atom stereocenters. The average molecular weight is 274 g/mol. The second-order valence-corrected chi connectivity index (χ2v) is 4.26. The molecule has 0 heterocycles. The van der Waals surface area contributed by atoms with Gasteiger partial charge in [-0.25, -0.2) is 4.39 Å². The fourth-order valence-corrected chi connectivity index (χ4v) is 1.68. The third kappa shape index (κ3) is 3.26. The first-order valence-electron chi connectivity index (χ1n) is 6.07. The van der Waals surface area contributed by atoms with Gasteiger partial charge in [-0.15, -0.1) is 0 Å². The van der Waals surface area contributed by atoms with Gasteiger partial charge in [-0.2, -0.15) is 0 Å². The first-order valence-corrected chi connectivity index (χ1v) is 6.07. The lowest BCUT2D eigenvalue weighted by atomic mass is 10.3. The summed E-state index contributed by atoms with van der Waals surface area (Å²) in [4.78, 5) is 13.3. The number of hydrogen-bond donors (Lipinski definition) is 1. The molecule has 2 N–H and O–H groups in total. The predicted octanol–water partition coefficient (Wildman–Crippen LogP) is 2.45. The van der Waals surface area contributed by atoms with E-state index in [1.165, 1.54) is 17.0 Å². The topological polar surface area (TPSA) is 55.6 Å². The predicted molar refractivity (Wildman–Crippen MR) is 76.2 cm³/mol. The molecule has 0 aromatic heterocycles. The SMILES string of the molecule is CN(C(=O)COc1ccccc1N)c1cccc(F)c1. The molecule has 0 bridgehead atoms. The van der Waals surface area contributed by atoms with E-state index < -0.39 is 5.82 Å². The molecule has 0 saturated heterocycles. The molecule has 2 aromatic carbocycles. The number of carbonyl (C=O) groups is 1. The number of anilines is 2. The van der Waals surface area contributed by atoms with Crippen molar-refractivity contribution in [3.05, 3.63) is 54.3 Å². The van der Waals surface area contributed by atoms with Crippen LogP contribution in [0.1, 0.15) is 0 Å². The van der Waals surface area contributed by atoms with Crippen LogP contribution in [0, 0.1) is 5.82 Å². The first kappa shape index (κ1) is 13.9. The maximum Gasteiger partial charge on any atom is 0.264 e. The maximum absolute atomic E-state index is 13.1. The minimum absolute atomic E-state index is 0.165. The van der Waals surface area contributed by atoms with E-state index in [1.807, 2.05) is 0 Å². The molecule has 2 aromatic rings. The number of halogens is 1. The molecule has 104 valence electrons. The van der Waals surface area contributed by atoms with Gasteiger partial charge in [-0.1, -0.05) is 18.2 Å². The van der Waals surface area contributed by atoms with Gasteiger partial charge in [0, 0.05) is 12.7 Å². The molecule has 2 rings (SSSR count). The van der Waals surface area contributed by atoms with Crippen molar-refractivity contribution in [2.75, 3.05) is 24.3 Å². The molecular weight excluding hydrogens is 259 g/mol. The largest absolute Gasteiger partial charge is 0.482 e. The lowest BCUT2D eigenvalue weighted by Gasteiger charge is -2.18. The van der Waals surface area contributed by atoms with E-state index in [0.29, 0.717) is 17.1 Å². The highest BCUT2D eigenvalue weighted by Crippen LogP contribution is 2.20. The van der Waals surface area contributed by atoms with Gasteiger partial charge in [-0.05, 0) is 30.3 Å². The van der Waals surface area contributed by atoms with Crippen LogP contribution in [-0.2, 0) is 4.79 Å². The summed E-state index contributed by atoms with van der Waals surface area (Å²) in [6, 6.07) is 12.7. The number of benzene rings is 2. The normalized spacial score (nSPS) is 10.1. The van der Waals surface area contributed by atoms with Crippen molar-refractivity contribution in [1.82, 2.24) is 0 Å². The standard InChI is InChI=1S/C15H15FN2O2/c1-18(12-6-4-5-11(16)9-12)15(19)10-20-14-8-3-2-7-13(14)17/h2-9H,10,17H2,1H3. The lowest BCUT2D eigenvalue weighted by Crippen LogP contribution is -2.31. The number of ether oxygens (including phenoxy) is 1. The number of carbonyl (C=O) groups excluding carboxylic acids is 1. The van der Waals surface area contributed by atoms with Gasteiger partial charge in [0.2, 0.25) is 0 Å². The molecule has 1 amide bonds. The molecule has 5 heteroatoms. The van der Waals surface area contributed by atoms with Crippen LogP contribution in [0.25, 0.3) is 0 Å². The molecule has 4 nitrogen and oxygen atoms in total. The summed E-state index contributed by atoms with van der Waals surface area (Å²) in [5.74, 6) is -0.234. The number of amides is 1. The van der Waals surface area contributed by atoms with Crippen molar-refractivity contribution < 1.29 is 13.9 Å². The summed E-state index contributed by atoms with van der Waals surface area (Å²) in [7, 11) is 1.56. The number of nitrogens with zero attached hydrogens (tertiary/aromatic N) is 1. The molecule has 0 fully saturated rings. The van der Waals surface area contributed by atoms with E-state index in [1.54, 1.807) is 43.4 Å². The number of hydrogen-bond acceptors (Lipinski definition) is 3. The Morgan fingerprint density at radius 3 is 2.70 bits per heavy atom. The molecular formula is C15H15FN2O2. The zero-order valence-corrected chi connectivity index (χ0v) is 11.0. The fraction of sp³-hybridized carbons (Fsp3) is 0.133. The smallest absolute Gasteiger partial charge is 0.264 e. The quantitative estimate of drug-likeness (QED) is 0.871. The van der Waals surface area contributed by atoms with E-state index in [-0.39, 0.29) is 12.5 Å². The Kier molecular flexibility index (Phi) is 4.20. The van der Waals surface area contributed by atoms with Gasteiger partial charge >= 0.3 is 0 Å². The molecule has 0 aliphatic heterocycles. The van der Waals surface area contributed by atoms with Gasteiger partial charge in [0.15, 0.2) is 6.61 Å². The first-order chi connectivity index (χ1) is 9.58. The van der Waals surface area contributed by atoms with Crippen LogP contribution in [0.5, 0.6) is 5.75 Å². The molecule has 0 aliphatic rings. The van der Waals surface area contributed by atoms with Crippen molar-refractivity contribution in [1.29, 1.82) is 0 Å². The third-order valence-electron chi connectivity index (χ3n) is 2.84. The van der Waals surface area contributed by atoms with Crippen molar-refractivity contribution >= 4 is 17.3 Å². The Bertz CT molecular complexity index is 616. The van der Waals surface area contributed by atoms with E-state index in [9.17, 15) is 9.18 Å². The molecule has 20 heavy (non-hydrogen) atoms. The summed E-state index contributed by atoms with van der Waals surface area (Å²) in [6.07, 6.45) is 0. The third-order valence-corrected chi connectivity index (χ3v) is 2.84. The summed E-state index contributed by atoms with van der Waals surface area (Å²) in [5.41, 5.74) is 6.65. The van der Waals surface area contributed by atoms with E-state index in [2.05, 4.69) is 0 Å². The van der Waals surface area contributed by atoms with Gasteiger partial charge < -0.3 is 15.4 Å². The minimum atomic E-state index is -0.393. The lowest BCUT2D eigenvalue weighted by molar-refractivity contribution is -0.120. The van der Waals surface area contributed by atoms with Gasteiger partial charge in [0.1, 0.15) is 11.6 Å². The molecule has 0 spiro atoms. The van der Waals surface area contributed by atoms with E-state index in [4.69, 9.17) is 10.5 Å². The molecule has 0 radical (unpaired) electrons. The fourth-order valence-electron chi connectivity index (χ4n) is 1.68. The van der Waals surface area contributed by atoms with Crippen molar-refractivity contribution in [3.63, 3.8) is 0 Å². The van der Waals surface area contributed by atoms with Gasteiger partial charge in [-0.3, -0.25) is 4.79 Å². The minimum Gasteiger partial charge on any atom is -0.482 e. The summed E-state index contributed by atoms with van der Waals surface area (Å²) in [5, 5.41) is 0. The van der Waals surface area contributed by atoms with Crippen LogP contribution in [0.15, 0.2) is 48.5 Å². The Morgan fingerprint density at radius 1 is 1.25 bits per heavy atom. The maximum atomic E-state index is 13.1. The molecule has 0 aliphatic carbocycles. The van der Waals surface area contributed by atoms with Crippen LogP contribution in [-0.4, -0.2) is 19.6 Å². The number of nitrogens with two attached hydrogens (primary N) is 1. The van der Waals surface area contributed by atoms with Gasteiger partial charge in [0.05, 0.1) is 5.69 Å². The van der Waals surface area contributed by atoms with Crippen molar-refractivity contribution in [2.45, 2.75) is 0 Å². The van der Waals surface area contributed by atoms with E-state index in [0.717, 1.165) is 0 Å². The Labute approximate surface area is 116 Å². The van der Waals surface area contributed by atoms with Crippen molar-refractivity contribution in [2.24, 2.45) is 0 Å². The molecule has 0 atom stereocenters. The van der Waals surface area contributed by atoms with Crippen LogP contribution in [0.4, 0.5) is 15.8 Å². The Morgan fingerprint density at radius 2 is 2.00 bits per heavy atom. The second-order valence-electron chi connectivity index (χ2n) is 4.26. The number of nitrogen functional groups attached to an aromatic ring is 1. The van der Waals surface area contributed by atoms with Crippen LogP contribution < -0.4 is 15.4 Å². The Hall–Kier alpha value is -2.56. The number of rotatable bonds is 4. The highest BCUT2D eigenvalue weighted by Gasteiger charge is 2.12. The number of para-hydroxylation sites is 2. The summed E-state index contributed by atoms with van der Waals surface area (Å²) >= 11 is 0.